The molecule has 94 valence electrons. The number of halogens is 1. The molecule has 1 heterocycles. The summed E-state index contributed by atoms with van der Waals surface area (Å²) in [4.78, 5) is 1.09. The predicted octanol–water partition coefficient (Wildman–Crippen LogP) is 3.97. The van der Waals surface area contributed by atoms with Crippen LogP contribution in [0.5, 0.6) is 0 Å². The standard InChI is InChI=1S/C13H18ClNOS/c1-13(2)6-5-10(16-13)8-17-12-4-3-9(14)7-11(12)15/h3-4,7,10H,5-6,8,15H2,1-2H3. The first-order chi connectivity index (χ1) is 7.96. The fourth-order valence-corrected chi connectivity index (χ4v) is 3.20. The third-order valence-electron chi connectivity index (χ3n) is 2.95. The van der Waals surface area contributed by atoms with E-state index in [0.29, 0.717) is 11.1 Å². The number of nitrogen functional groups attached to an aromatic ring is 1. The normalized spacial score (nSPS) is 22.9. The summed E-state index contributed by atoms with van der Waals surface area (Å²) in [6.07, 6.45) is 2.60. The Bertz CT molecular complexity index is 408. The van der Waals surface area contributed by atoms with Gasteiger partial charge >= 0.3 is 0 Å². The molecule has 0 spiro atoms. The molecule has 1 saturated heterocycles. The Morgan fingerprint density at radius 1 is 1.53 bits per heavy atom. The molecule has 2 nitrogen and oxygen atoms in total. The summed E-state index contributed by atoms with van der Waals surface area (Å²) >= 11 is 7.61. The Morgan fingerprint density at radius 3 is 2.88 bits per heavy atom. The summed E-state index contributed by atoms with van der Waals surface area (Å²) in [5, 5.41) is 0.685. The Morgan fingerprint density at radius 2 is 2.29 bits per heavy atom. The number of ether oxygens (including phenoxy) is 1. The first kappa shape index (κ1) is 13.1. The monoisotopic (exact) mass is 271 g/mol. The van der Waals surface area contributed by atoms with Crippen molar-refractivity contribution in [2.75, 3.05) is 11.5 Å². The maximum atomic E-state index is 5.95. The molecular weight excluding hydrogens is 254 g/mol. The lowest BCUT2D eigenvalue weighted by Crippen LogP contribution is -2.21. The van der Waals surface area contributed by atoms with Gasteiger partial charge in [0, 0.05) is 21.4 Å². The quantitative estimate of drug-likeness (QED) is 0.667. The largest absolute Gasteiger partial charge is 0.398 e. The Hall–Kier alpha value is -0.380. The van der Waals surface area contributed by atoms with E-state index in [1.165, 1.54) is 0 Å². The number of rotatable bonds is 3. The highest BCUT2D eigenvalue weighted by atomic mass is 35.5. The summed E-state index contributed by atoms with van der Waals surface area (Å²) in [5.74, 6) is 0.954. The van der Waals surface area contributed by atoms with Gasteiger partial charge in [-0.15, -0.1) is 11.8 Å². The zero-order valence-corrected chi connectivity index (χ0v) is 11.8. The van der Waals surface area contributed by atoms with Crippen molar-refractivity contribution in [3.05, 3.63) is 23.2 Å². The zero-order chi connectivity index (χ0) is 12.5. The van der Waals surface area contributed by atoms with Gasteiger partial charge in [-0.3, -0.25) is 0 Å². The van der Waals surface area contributed by atoms with Gasteiger partial charge in [0.2, 0.25) is 0 Å². The highest BCUT2D eigenvalue weighted by molar-refractivity contribution is 7.99. The molecule has 0 saturated carbocycles. The SMILES string of the molecule is CC1(C)CCC(CSc2ccc(Cl)cc2N)O1. The lowest BCUT2D eigenvalue weighted by Gasteiger charge is -2.19. The molecule has 2 N–H and O–H groups in total. The highest BCUT2D eigenvalue weighted by Gasteiger charge is 2.31. The number of nitrogens with two attached hydrogens (primary N) is 1. The summed E-state index contributed by atoms with van der Waals surface area (Å²) in [7, 11) is 0. The van der Waals surface area contributed by atoms with Gasteiger partial charge in [-0.1, -0.05) is 11.6 Å². The first-order valence-electron chi connectivity index (χ1n) is 5.82. The Labute approximate surface area is 112 Å². The van der Waals surface area contributed by atoms with E-state index < -0.39 is 0 Å². The molecule has 0 aromatic heterocycles. The van der Waals surface area contributed by atoms with Crippen LogP contribution in [-0.2, 0) is 4.74 Å². The molecule has 1 unspecified atom stereocenters. The average molecular weight is 272 g/mol. The lowest BCUT2D eigenvalue weighted by molar-refractivity contribution is -0.00466. The molecule has 1 aliphatic rings. The van der Waals surface area contributed by atoms with E-state index in [4.69, 9.17) is 22.1 Å². The third-order valence-corrected chi connectivity index (χ3v) is 4.41. The molecule has 1 aliphatic heterocycles. The van der Waals surface area contributed by atoms with Crippen LogP contribution in [0.1, 0.15) is 26.7 Å². The van der Waals surface area contributed by atoms with E-state index in [1.54, 1.807) is 17.8 Å². The van der Waals surface area contributed by atoms with Gasteiger partial charge in [0.15, 0.2) is 0 Å². The molecule has 1 aromatic rings. The maximum absolute atomic E-state index is 5.95. The van der Waals surface area contributed by atoms with E-state index in [9.17, 15) is 0 Å². The molecule has 1 atom stereocenters. The summed E-state index contributed by atoms with van der Waals surface area (Å²) < 4.78 is 5.95. The van der Waals surface area contributed by atoms with Crippen LogP contribution >= 0.6 is 23.4 Å². The summed E-state index contributed by atoms with van der Waals surface area (Å²) in [6.45, 7) is 4.29. The van der Waals surface area contributed by atoms with Gasteiger partial charge < -0.3 is 10.5 Å². The molecular formula is C13H18ClNOS. The summed E-state index contributed by atoms with van der Waals surface area (Å²) in [6, 6.07) is 5.64. The number of thioether (sulfide) groups is 1. The van der Waals surface area contributed by atoms with Crippen molar-refractivity contribution in [3.8, 4) is 0 Å². The smallest absolute Gasteiger partial charge is 0.0677 e. The van der Waals surface area contributed by atoms with Gasteiger partial charge in [0.25, 0.3) is 0 Å². The van der Waals surface area contributed by atoms with Gasteiger partial charge in [0.05, 0.1) is 11.7 Å². The van der Waals surface area contributed by atoms with Crippen LogP contribution in [0.15, 0.2) is 23.1 Å². The average Bonchev–Trinajstić information content (AvgIpc) is 2.57. The van der Waals surface area contributed by atoms with Crippen molar-refractivity contribution in [2.24, 2.45) is 0 Å². The molecule has 1 fully saturated rings. The summed E-state index contributed by atoms with van der Waals surface area (Å²) in [5.41, 5.74) is 6.70. The number of hydrogen-bond donors (Lipinski definition) is 1. The number of hydrogen-bond acceptors (Lipinski definition) is 3. The molecule has 1 aromatic carbocycles. The van der Waals surface area contributed by atoms with Gasteiger partial charge in [-0.2, -0.15) is 0 Å². The van der Waals surface area contributed by atoms with E-state index >= 15 is 0 Å². The Kier molecular flexibility index (Phi) is 3.91. The van der Waals surface area contributed by atoms with E-state index in [2.05, 4.69) is 13.8 Å². The van der Waals surface area contributed by atoms with Gasteiger partial charge in [-0.05, 0) is 44.9 Å². The van der Waals surface area contributed by atoms with Crippen molar-refractivity contribution in [1.82, 2.24) is 0 Å². The van der Waals surface area contributed by atoms with Crippen molar-refractivity contribution in [1.29, 1.82) is 0 Å². The second kappa shape index (κ2) is 5.09. The molecule has 0 radical (unpaired) electrons. The van der Waals surface area contributed by atoms with Gasteiger partial charge in [-0.25, -0.2) is 0 Å². The minimum Gasteiger partial charge on any atom is -0.398 e. The van der Waals surface area contributed by atoms with Crippen molar-refractivity contribution in [2.45, 2.75) is 43.3 Å². The molecule has 4 heteroatoms. The number of anilines is 1. The van der Waals surface area contributed by atoms with Crippen molar-refractivity contribution < 1.29 is 4.74 Å². The van der Waals surface area contributed by atoms with Crippen LogP contribution in [0.25, 0.3) is 0 Å². The van der Waals surface area contributed by atoms with E-state index in [0.717, 1.165) is 29.2 Å². The zero-order valence-electron chi connectivity index (χ0n) is 10.2. The molecule has 0 amide bonds. The third kappa shape index (κ3) is 3.54. The van der Waals surface area contributed by atoms with Crippen molar-refractivity contribution in [3.63, 3.8) is 0 Å². The second-order valence-corrected chi connectivity index (χ2v) is 6.53. The lowest BCUT2D eigenvalue weighted by atomic mass is 10.1. The minimum atomic E-state index is 0.0385. The maximum Gasteiger partial charge on any atom is 0.0677 e. The minimum absolute atomic E-state index is 0.0385. The number of benzene rings is 1. The molecule has 0 aliphatic carbocycles. The van der Waals surface area contributed by atoms with Crippen LogP contribution in [0.4, 0.5) is 5.69 Å². The van der Waals surface area contributed by atoms with Gasteiger partial charge in [0.1, 0.15) is 0 Å². The van der Waals surface area contributed by atoms with Crippen molar-refractivity contribution >= 4 is 29.1 Å². The Balaban J connectivity index is 1.90. The molecule has 2 rings (SSSR count). The van der Waals surface area contributed by atoms with Crippen LogP contribution < -0.4 is 5.73 Å². The molecule has 17 heavy (non-hydrogen) atoms. The fourth-order valence-electron chi connectivity index (χ4n) is 2.03. The van der Waals surface area contributed by atoms with Crippen LogP contribution in [0, 0.1) is 0 Å². The molecule has 0 bridgehead atoms. The second-order valence-electron chi connectivity index (χ2n) is 5.03. The van der Waals surface area contributed by atoms with E-state index in [-0.39, 0.29) is 5.60 Å². The van der Waals surface area contributed by atoms with Crippen LogP contribution in [0.3, 0.4) is 0 Å². The highest BCUT2D eigenvalue weighted by Crippen LogP contribution is 2.34. The first-order valence-corrected chi connectivity index (χ1v) is 7.18. The fraction of sp³-hybridized carbons (Fsp3) is 0.538. The predicted molar refractivity (Wildman–Crippen MR) is 74.8 cm³/mol. The van der Waals surface area contributed by atoms with Crippen LogP contribution in [0.2, 0.25) is 5.02 Å². The van der Waals surface area contributed by atoms with Crippen LogP contribution in [-0.4, -0.2) is 17.5 Å². The van der Waals surface area contributed by atoms with E-state index in [1.807, 2.05) is 12.1 Å². The topological polar surface area (TPSA) is 35.2 Å².